The van der Waals surface area contributed by atoms with E-state index in [2.05, 4.69) is 20.9 Å². The van der Waals surface area contributed by atoms with Crippen LogP contribution in [-0.4, -0.2) is 49.6 Å². The molecule has 10 nitrogen and oxygen atoms in total. The van der Waals surface area contributed by atoms with Crippen molar-refractivity contribution < 1.29 is 19.2 Å². The van der Waals surface area contributed by atoms with E-state index in [1.54, 1.807) is 35.7 Å². The number of anilines is 1. The number of hydrogen-bond donors (Lipinski definition) is 2. The molecule has 2 aliphatic rings. The molecule has 11 heteroatoms. The second kappa shape index (κ2) is 8.00. The van der Waals surface area contributed by atoms with E-state index < -0.39 is 11.9 Å². The number of imide groups is 1. The van der Waals surface area contributed by atoms with E-state index in [1.165, 1.54) is 9.58 Å². The van der Waals surface area contributed by atoms with Crippen LogP contribution in [0.4, 0.5) is 5.69 Å². The minimum atomic E-state index is -0.707. The number of fused-ring (bicyclic) bond motifs is 1. The summed E-state index contributed by atoms with van der Waals surface area (Å²) in [6.07, 6.45) is 2.17. The van der Waals surface area contributed by atoms with E-state index in [9.17, 15) is 19.2 Å². The average molecular weight is 450 g/mol. The lowest BCUT2D eigenvalue weighted by atomic mass is 10.0. The molecule has 0 saturated carbocycles. The number of nitrogens with zero attached hydrogens (tertiary/aromatic N) is 4. The van der Waals surface area contributed by atoms with E-state index in [0.717, 1.165) is 5.56 Å². The Hall–Kier alpha value is -3.86. The Balaban J connectivity index is 1.30. The summed E-state index contributed by atoms with van der Waals surface area (Å²) in [5, 5.41) is 17.1. The molecule has 162 valence electrons. The number of nitrogens with one attached hydrogen (secondary N) is 2. The zero-order chi connectivity index (χ0) is 22.2. The van der Waals surface area contributed by atoms with Crippen LogP contribution in [0.3, 0.4) is 0 Å². The summed E-state index contributed by atoms with van der Waals surface area (Å²) in [7, 11) is 0. The molecular weight excluding hydrogens is 432 g/mol. The van der Waals surface area contributed by atoms with Crippen LogP contribution >= 0.6 is 11.3 Å². The van der Waals surface area contributed by atoms with Crippen molar-refractivity contribution in [2.45, 2.75) is 32.0 Å². The van der Waals surface area contributed by atoms with Gasteiger partial charge in [-0.15, -0.1) is 5.10 Å². The maximum Gasteiger partial charge on any atom is 0.255 e. The van der Waals surface area contributed by atoms with Gasteiger partial charge in [-0.3, -0.25) is 24.5 Å². The Bertz CT molecular complexity index is 1230. The zero-order valence-electron chi connectivity index (χ0n) is 16.8. The Morgan fingerprint density at radius 3 is 2.91 bits per heavy atom. The molecule has 0 radical (unpaired) electrons. The van der Waals surface area contributed by atoms with Crippen LogP contribution in [0.2, 0.25) is 0 Å². The van der Waals surface area contributed by atoms with Crippen molar-refractivity contribution in [3.8, 4) is 11.3 Å². The molecule has 4 amide bonds. The molecule has 0 bridgehead atoms. The number of benzene rings is 1. The zero-order valence-corrected chi connectivity index (χ0v) is 17.6. The van der Waals surface area contributed by atoms with Gasteiger partial charge in [-0.25, -0.2) is 4.68 Å². The first kappa shape index (κ1) is 20.1. The summed E-state index contributed by atoms with van der Waals surface area (Å²) in [4.78, 5) is 50.6. The molecule has 1 aromatic carbocycles. The molecule has 5 rings (SSSR count). The average Bonchev–Trinajstić information content (AvgIpc) is 3.50. The third-order valence-corrected chi connectivity index (χ3v) is 6.20. The lowest BCUT2D eigenvalue weighted by Gasteiger charge is -2.29. The topological polar surface area (TPSA) is 126 Å². The quantitative estimate of drug-likeness (QED) is 0.566. The largest absolute Gasteiger partial charge is 0.324 e. The minimum Gasteiger partial charge on any atom is -0.324 e. The highest BCUT2D eigenvalue weighted by molar-refractivity contribution is 7.08. The van der Waals surface area contributed by atoms with Crippen LogP contribution in [-0.2, 0) is 27.5 Å². The molecule has 3 aromatic rings. The first-order valence-corrected chi connectivity index (χ1v) is 10.9. The second-order valence-corrected chi connectivity index (χ2v) is 8.37. The van der Waals surface area contributed by atoms with Crippen molar-refractivity contribution in [3.63, 3.8) is 0 Å². The van der Waals surface area contributed by atoms with Gasteiger partial charge >= 0.3 is 0 Å². The maximum atomic E-state index is 12.9. The molecule has 0 aliphatic carbocycles. The summed E-state index contributed by atoms with van der Waals surface area (Å²) >= 11 is 1.55. The number of carbonyl (C=O) groups is 4. The van der Waals surface area contributed by atoms with Crippen LogP contribution in [0.25, 0.3) is 11.3 Å². The standard InChI is InChI=1S/C21H18N6O4S/c28-18-5-4-17(20(30)23-18)27-8-14-13(21(27)31)2-1-3-15(14)22-19(29)10-26-9-16(24-25-26)12-6-7-32-11-12/h1-3,6-7,9,11,17H,4-5,8,10H2,(H,22,29)(H,23,28,30). The van der Waals surface area contributed by atoms with Gasteiger partial charge in [0.2, 0.25) is 17.7 Å². The fourth-order valence-corrected chi connectivity index (χ4v) is 4.61. The minimum absolute atomic E-state index is 0.0361. The number of carbonyl (C=O) groups excluding carboxylic acids is 4. The van der Waals surface area contributed by atoms with Crippen molar-refractivity contribution in [1.29, 1.82) is 0 Å². The van der Waals surface area contributed by atoms with Gasteiger partial charge < -0.3 is 10.2 Å². The highest BCUT2D eigenvalue weighted by Crippen LogP contribution is 2.32. The van der Waals surface area contributed by atoms with Gasteiger partial charge in [0.05, 0.1) is 6.20 Å². The number of aromatic nitrogens is 3. The van der Waals surface area contributed by atoms with Crippen molar-refractivity contribution in [3.05, 3.63) is 52.3 Å². The van der Waals surface area contributed by atoms with Crippen LogP contribution in [0.15, 0.2) is 41.2 Å². The molecule has 1 fully saturated rings. The molecule has 2 aromatic heterocycles. The number of rotatable bonds is 5. The lowest BCUT2D eigenvalue weighted by molar-refractivity contribution is -0.137. The third-order valence-electron chi connectivity index (χ3n) is 5.52. The van der Waals surface area contributed by atoms with Crippen LogP contribution in [0, 0.1) is 0 Å². The van der Waals surface area contributed by atoms with Crippen molar-refractivity contribution in [2.75, 3.05) is 5.32 Å². The molecule has 32 heavy (non-hydrogen) atoms. The molecule has 1 atom stereocenters. The first-order valence-electron chi connectivity index (χ1n) is 9.98. The van der Waals surface area contributed by atoms with Gasteiger partial charge in [0.25, 0.3) is 5.91 Å². The molecule has 4 heterocycles. The molecule has 1 saturated heterocycles. The van der Waals surface area contributed by atoms with Gasteiger partial charge in [0.15, 0.2) is 0 Å². The molecule has 2 N–H and O–H groups in total. The summed E-state index contributed by atoms with van der Waals surface area (Å²) < 4.78 is 1.45. The Morgan fingerprint density at radius 1 is 1.25 bits per heavy atom. The fraction of sp³-hybridized carbons (Fsp3) is 0.238. The SMILES string of the molecule is O=C1CCC(N2Cc3c(NC(=O)Cn4cc(-c5ccsc5)nn4)cccc3C2=O)C(=O)N1. The van der Waals surface area contributed by atoms with Gasteiger partial charge in [0.1, 0.15) is 18.3 Å². The third kappa shape index (κ3) is 3.66. The molecular formula is C21H18N6O4S. The maximum absolute atomic E-state index is 12.9. The predicted octanol–water partition coefficient (Wildman–Crippen LogP) is 1.41. The van der Waals surface area contributed by atoms with Gasteiger partial charge in [-0.05, 0) is 30.0 Å². The van der Waals surface area contributed by atoms with E-state index in [-0.39, 0.29) is 43.7 Å². The first-order chi connectivity index (χ1) is 15.5. The van der Waals surface area contributed by atoms with Crippen molar-refractivity contribution >= 4 is 40.7 Å². The van der Waals surface area contributed by atoms with Crippen molar-refractivity contribution in [1.82, 2.24) is 25.2 Å². The summed E-state index contributed by atoms with van der Waals surface area (Å²) in [6.45, 7) is 0.147. The monoisotopic (exact) mass is 450 g/mol. The smallest absolute Gasteiger partial charge is 0.255 e. The van der Waals surface area contributed by atoms with E-state index in [1.807, 2.05) is 16.8 Å². The summed E-state index contributed by atoms with van der Waals surface area (Å²) in [5.74, 6) is -1.41. The molecule has 2 aliphatic heterocycles. The Morgan fingerprint density at radius 2 is 2.12 bits per heavy atom. The number of hydrogen-bond acceptors (Lipinski definition) is 7. The second-order valence-electron chi connectivity index (χ2n) is 7.59. The van der Waals surface area contributed by atoms with E-state index in [4.69, 9.17) is 0 Å². The van der Waals surface area contributed by atoms with Crippen LogP contribution in [0.1, 0.15) is 28.8 Å². The molecule has 0 spiro atoms. The molecule has 1 unspecified atom stereocenters. The van der Waals surface area contributed by atoms with Crippen molar-refractivity contribution in [2.24, 2.45) is 0 Å². The van der Waals surface area contributed by atoms with Crippen LogP contribution in [0.5, 0.6) is 0 Å². The van der Waals surface area contributed by atoms with Crippen LogP contribution < -0.4 is 10.6 Å². The predicted molar refractivity (Wildman–Crippen MR) is 114 cm³/mol. The fourth-order valence-electron chi connectivity index (χ4n) is 3.96. The van der Waals surface area contributed by atoms with E-state index in [0.29, 0.717) is 22.5 Å². The number of amides is 4. The summed E-state index contributed by atoms with van der Waals surface area (Å²) in [5.41, 5.74) is 3.22. The van der Waals surface area contributed by atoms with Gasteiger partial charge in [-0.2, -0.15) is 11.3 Å². The normalized spacial score (nSPS) is 17.9. The Kier molecular flexibility index (Phi) is 5.02. The van der Waals surface area contributed by atoms with Gasteiger partial charge in [-0.1, -0.05) is 11.3 Å². The number of thiophene rings is 1. The highest BCUT2D eigenvalue weighted by Gasteiger charge is 2.39. The number of piperidine rings is 1. The summed E-state index contributed by atoms with van der Waals surface area (Å²) in [6, 6.07) is 6.30. The van der Waals surface area contributed by atoms with E-state index >= 15 is 0 Å². The lowest BCUT2D eigenvalue weighted by Crippen LogP contribution is -2.52. The Labute approximate surface area is 186 Å². The highest BCUT2D eigenvalue weighted by atomic mass is 32.1. The van der Waals surface area contributed by atoms with Gasteiger partial charge in [0, 0.05) is 40.7 Å².